The molecule has 6 nitrogen and oxygen atoms in total. The summed E-state index contributed by atoms with van der Waals surface area (Å²) in [4.78, 5) is 19.2. The van der Waals surface area contributed by atoms with Crippen LogP contribution in [0.3, 0.4) is 0 Å². The molecule has 0 radical (unpaired) electrons. The van der Waals surface area contributed by atoms with Crippen molar-refractivity contribution in [3.8, 4) is 5.00 Å². The molecule has 4 heterocycles. The first-order chi connectivity index (χ1) is 16.6. The summed E-state index contributed by atoms with van der Waals surface area (Å²) in [6, 6.07) is 10.2. The maximum atomic E-state index is 13.8. The zero-order valence-corrected chi connectivity index (χ0v) is 20.5. The minimum absolute atomic E-state index is 0.112. The standard InChI is InChI=1S/C26H31FN4O2S/c1-3-33-15-5-12-28-26(32)31-16-21-20-11-14-29(2)17-23(20)34-25(21)30-13-4-6-22(30)24(31)18-7-9-19(27)10-8-18/h4,6-10,13,24H,3,5,11-12,14-17H2,1-2H3,(H,28,32)/t24-/m1/s1. The number of thiophene rings is 1. The topological polar surface area (TPSA) is 49.7 Å². The number of hydrogen-bond acceptors (Lipinski definition) is 4. The predicted molar refractivity (Wildman–Crippen MR) is 132 cm³/mol. The van der Waals surface area contributed by atoms with Crippen molar-refractivity contribution in [2.75, 3.05) is 33.4 Å². The number of amides is 2. The third-order valence-corrected chi connectivity index (χ3v) is 7.91. The van der Waals surface area contributed by atoms with E-state index < -0.39 is 0 Å². The first-order valence-electron chi connectivity index (χ1n) is 11.9. The second-order valence-electron chi connectivity index (χ2n) is 8.94. The van der Waals surface area contributed by atoms with Crippen LogP contribution in [-0.2, 0) is 24.2 Å². The van der Waals surface area contributed by atoms with Crippen LogP contribution in [-0.4, -0.2) is 53.7 Å². The number of likely N-dealkylation sites (N-methyl/N-ethyl adjacent to an activating group) is 1. The van der Waals surface area contributed by atoms with E-state index in [9.17, 15) is 9.18 Å². The van der Waals surface area contributed by atoms with Crippen molar-refractivity contribution >= 4 is 17.4 Å². The van der Waals surface area contributed by atoms with E-state index in [1.165, 1.54) is 33.1 Å². The molecule has 2 amide bonds. The van der Waals surface area contributed by atoms with Crippen LogP contribution < -0.4 is 5.32 Å². The van der Waals surface area contributed by atoms with E-state index in [-0.39, 0.29) is 17.9 Å². The van der Waals surface area contributed by atoms with Gasteiger partial charge in [0.1, 0.15) is 10.8 Å². The van der Waals surface area contributed by atoms with E-state index in [0.29, 0.717) is 26.3 Å². The number of urea groups is 1. The highest BCUT2D eigenvalue weighted by atomic mass is 32.1. The van der Waals surface area contributed by atoms with Gasteiger partial charge >= 0.3 is 6.03 Å². The van der Waals surface area contributed by atoms with Crippen LogP contribution in [0.25, 0.3) is 5.00 Å². The molecule has 180 valence electrons. The number of aromatic nitrogens is 1. The van der Waals surface area contributed by atoms with Crippen molar-refractivity contribution in [1.82, 2.24) is 19.7 Å². The number of fused-ring (bicyclic) bond motifs is 5. The summed E-state index contributed by atoms with van der Waals surface area (Å²) in [6.45, 7) is 6.28. The molecule has 0 saturated heterocycles. The van der Waals surface area contributed by atoms with Crippen molar-refractivity contribution in [1.29, 1.82) is 0 Å². The summed E-state index contributed by atoms with van der Waals surface area (Å²) in [7, 11) is 2.15. The fourth-order valence-electron chi connectivity index (χ4n) is 4.96. The van der Waals surface area contributed by atoms with E-state index in [4.69, 9.17) is 4.74 Å². The maximum absolute atomic E-state index is 13.8. The zero-order valence-electron chi connectivity index (χ0n) is 19.7. The summed E-state index contributed by atoms with van der Waals surface area (Å²) in [5.41, 5.74) is 4.53. The highest BCUT2D eigenvalue weighted by Crippen LogP contribution is 2.43. The Bertz CT molecular complexity index is 1160. The van der Waals surface area contributed by atoms with Gasteiger partial charge in [0.2, 0.25) is 0 Å². The Morgan fingerprint density at radius 3 is 2.82 bits per heavy atom. The van der Waals surface area contributed by atoms with E-state index in [1.807, 2.05) is 29.2 Å². The molecule has 5 rings (SSSR count). The van der Waals surface area contributed by atoms with Gasteiger partial charge in [0.25, 0.3) is 0 Å². The third-order valence-electron chi connectivity index (χ3n) is 6.65. The molecule has 0 fully saturated rings. The smallest absolute Gasteiger partial charge is 0.318 e. The lowest BCUT2D eigenvalue weighted by atomic mass is 10.0. The van der Waals surface area contributed by atoms with Crippen molar-refractivity contribution in [3.05, 3.63) is 75.7 Å². The van der Waals surface area contributed by atoms with Gasteiger partial charge in [0, 0.05) is 49.5 Å². The van der Waals surface area contributed by atoms with Gasteiger partial charge in [-0.1, -0.05) is 12.1 Å². The molecule has 2 aliphatic heterocycles. The van der Waals surface area contributed by atoms with Gasteiger partial charge in [-0.3, -0.25) is 0 Å². The lowest BCUT2D eigenvalue weighted by Crippen LogP contribution is -2.42. The fraction of sp³-hybridized carbons (Fsp3) is 0.423. The summed E-state index contributed by atoms with van der Waals surface area (Å²) in [5, 5.41) is 4.30. The van der Waals surface area contributed by atoms with Gasteiger partial charge in [0.05, 0.1) is 18.3 Å². The molecule has 3 aromatic rings. The first-order valence-corrected chi connectivity index (χ1v) is 12.8. The number of carbonyl (C=O) groups excluding carboxylic acids is 1. The number of nitrogens with one attached hydrogen (secondary N) is 1. The molecule has 0 saturated carbocycles. The second kappa shape index (κ2) is 9.90. The predicted octanol–water partition coefficient (Wildman–Crippen LogP) is 4.71. The normalized spacial score (nSPS) is 17.6. The minimum Gasteiger partial charge on any atom is -0.382 e. The Labute approximate surface area is 203 Å². The number of rotatable bonds is 6. The van der Waals surface area contributed by atoms with Gasteiger partial charge in [-0.25, -0.2) is 9.18 Å². The molecular weight excluding hydrogens is 451 g/mol. The molecule has 8 heteroatoms. The first kappa shape index (κ1) is 23.1. The van der Waals surface area contributed by atoms with Crippen molar-refractivity contribution in [2.45, 2.75) is 38.9 Å². The lowest BCUT2D eigenvalue weighted by Gasteiger charge is -2.32. The van der Waals surface area contributed by atoms with Crippen LogP contribution in [0.1, 0.15) is 46.6 Å². The van der Waals surface area contributed by atoms with E-state index >= 15 is 0 Å². The Balaban J connectivity index is 1.55. The van der Waals surface area contributed by atoms with Crippen molar-refractivity contribution in [3.63, 3.8) is 0 Å². The molecule has 0 bridgehead atoms. The molecule has 1 atom stereocenters. The maximum Gasteiger partial charge on any atom is 0.318 e. The Morgan fingerprint density at radius 2 is 2.03 bits per heavy atom. The largest absolute Gasteiger partial charge is 0.382 e. The van der Waals surface area contributed by atoms with Gasteiger partial charge < -0.3 is 24.4 Å². The van der Waals surface area contributed by atoms with Gasteiger partial charge in [-0.2, -0.15) is 0 Å². The van der Waals surface area contributed by atoms with E-state index in [0.717, 1.165) is 37.2 Å². The molecule has 0 unspecified atom stereocenters. The van der Waals surface area contributed by atoms with Crippen molar-refractivity contribution in [2.24, 2.45) is 0 Å². The number of nitrogens with zero attached hydrogens (tertiary/aromatic N) is 3. The monoisotopic (exact) mass is 482 g/mol. The molecule has 2 aliphatic rings. The Kier molecular flexibility index (Phi) is 6.72. The van der Waals surface area contributed by atoms with Crippen LogP contribution in [0.2, 0.25) is 0 Å². The lowest BCUT2D eigenvalue weighted by molar-refractivity contribution is 0.143. The van der Waals surface area contributed by atoms with Crippen LogP contribution in [0, 0.1) is 5.82 Å². The highest BCUT2D eigenvalue weighted by Gasteiger charge is 2.36. The zero-order chi connectivity index (χ0) is 23.7. The van der Waals surface area contributed by atoms with Crippen molar-refractivity contribution < 1.29 is 13.9 Å². The number of halogens is 1. The van der Waals surface area contributed by atoms with Gasteiger partial charge in [0.15, 0.2) is 0 Å². The molecular formula is C26H31FN4O2S. The summed E-state index contributed by atoms with van der Waals surface area (Å²) in [6.07, 6.45) is 3.83. The number of carbonyl (C=O) groups is 1. The average Bonchev–Trinajstić information content (AvgIpc) is 3.41. The van der Waals surface area contributed by atoms with Crippen LogP contribution in [0.5, 0.6) is 0 Å². The minimum atomic E-state index is -0.316. The fourth-order valence-corrected chi connectivity index (χ4v) is 6.41. The second-order valence-corrected chi connectivity index (χ2v) is 10.0. The third kappa shape index (κ3) is 4.37. The summed E-state index contributed by atoms with van der Waals surface area (Å²) < 4.78 is 21.4. The van der Waals surface area contributed by atoms with Crippen LogP contribution in [0.15, 0.2) is 42.6 Å². The SMILES string of the molecule is CCOCCCNC(=O)N1Cc2c(sc3c2CCN(C)C3)-n2cccc2[C@H]1c1ccc(F)cc1. The Morgan fingerprint density at radius 1 is 1.21 bits per heavy atom. The van der Waals surface area contributed by atoms with E-state index in [2.05, 4.69) is 34.1 Å². The van der Waals surface area contributed by atoms with Gasteiger partial charge in [-0.05, 0) is 62.2 Å². The molecule has 34 heavy (non-hydrogen) atoms. The molecule has 0 aliphatic carbocycles. The summed E-state index contributed by atoms with van der Waals surface area (Å²) >= 11 is 1.83. The molecule has 1 aromatic carbocycles. The van der Waals surface area contributed by atoms with Crippen LogP contribution >= 0.6 is 11.3 Å². The molecule has 0 spiro atoms. The Hall–Kier alpha value is -2.68. The van der Waals surface area contributed by atoms with Crippen LogP contribution in [0.4, 0.5) is 9.18 Å². The number of hydrogen-bond donors (Lipinski definition) is 1. The summed E-state index contributed by atoms with van der Waals surface area (Å²) in [5.74, 6) is -0.281. The average molecular weight is 483 g/mol. The van der Waals surface area contributed by atoms with Gasteiger partial charge in [-0.15, -0.1) is 11.3 Å². The molecule has 1 N–H and O–H groups in total. The quantitative estimate of drug-likeness (QED) is 0.518. The highest BCUT2D eigenvalue weighted by molar-refractivity contribution is 7.15. The van der Waals surface area contributed by atoms with E-state index in [1.54, 1.807) is 12.1 Å². The number of ether oxygens (including phenoxy) is 1. The number of benzene rings is 1. The molecule has 2 aromatic heterocycles.